The lowest BCUT2D eigenvalue weighted by molar-refractivity contribution is 0.0432. The molecular formula is C22H31FN4O2. The molecule has 1 fully saturated rings. The first-order chi connectivity index (χ1) is 14.0. The van der Waals surface area contributed by atoms with Gasteiger partial charge in [0.05, 0.1) is 24.7 Å². The van der Waals surface area contributed by atoms with Gasteiger partial charge >= 0.3 is 0 Å². The number of allylic oxidation sites excluding steroid dienone is 3. The summed E-state index contributed by atoms with van der Waals surface area (Å²) in [6, 6.07) is 0.103. The van der Waals surface area contributed by atoms with E-state index < -0.39 is 5.82 Å². The summed E-state index contributed by atoms with van der Waals surface area (Å²) in [5.74, 6) is 0.743. The zero-order valence-corrected chi connectivity index (χ0v) is 17.3. The van der Waals surface area contributed by atoms with Crippen LogP contribution in [0.15, 0.2) is 55.1 Å². The van der Waals surface area contributed by atoms with Crippen molar-refractivity contribution in [3.05, 3.63) is 60.9 Å². The summed E-state index contributed by atoms with van der Waals surface area (Å²) in [7, 11) is 0. The Kier molecular flexibility index (Phi) is 9.37. The van der Waals surface area contributed by atoms with Crippen LogP contribution in [0.4, 0.5) is 16.2 Å². The molecule has 0 saturated heterocycles. The first-order valence-electron chi connectivity index (χ1n) is 9.92. The van der Waals surface area contributed by atoms with E-state index in [0.717, 1.165) is 37.1 Å². The number of hydrogen-bond acceptors (Lipinski definition) is 6. The van der Waals surface area contributed by atoms with Gasteiger partial charge in [-0.25, -0.2) is 9.37 Å². The average Bonchev–Trinajstić information content (AvgIpc) is 2.72. The van der Waals surface area contributed by atoms with Crippen LogP contribution < -0.4 is 10.6 Å². The molecule has 2 unspecified atom stereocenters. The number of nitrogens with zero attached hydrogens (tertiary/aromatic N) is 2. The third-order valence-electron chi connectivity index (χ3n) is 4.52. The van der Waals surface area contributed by atoms with E-state index in [1.807, 2.05) is 26.0 Å². The van der Waals surface area contributed by atoms with Crippen molar-refractivity contribution in [2.75, 3.05) is 23.8 Å². The molecule has 1 saturated carbocycles. The van der Waals surface area contributed by atoms with E-state index in [2.05, 4.69) is 33.8 Å². The van der Waals surface area contributed by atoms with E-state index in [1.165, 1.54) is 6.20 Å². The van der Waals surface area contributed by atoms with Crippen LogP contribution in [0.25, 0.3) is 0 Å². The number of hydrogen-bond donors (Lipinski definition) is 2. The Morgan fingerprint density at radius 2 is 2.10 bits per heavy atom. The predicted octanol–water partition coefficient (Wildman–Crippen LogP) is 4.96. The molecule has 1 heterocycles. The Morgan fingerprint density at radius 1 is 1.31 bits per heavy atom. The highest BCUT2D eigenvalue weighted by Crippen LogP contribution is 2.25. The smallest absolute Gasteiger partial charge is 0.229 e. The highest BCUT2D eigenvalue weighted by Gasteiger charge is 2.23. The molecule has 2 rings (SSSR count). The third kappa shape index (κ3) is 7.69. The molecule has 1 aromatic heterocycles. The Hall–Kier alpha value is -2.67. The van der Waals surface area contributed by atoms with E-state index in [9.17, 15) is 4.39 Å². The lowest BCUT2D eigenvalue weighted by atomic mass is 9.93. The first kappa shape index (κ1) is 22.6. The average molecular weight is 403 g/mol. The van der Waals surface area contributed by atoms with E-state index in [1.54, 1.807) is 12.2 Å². The normalized spacial score (nSPS) is 20.1. The van der Waals surface area contributed by atoms with Gasteiger partial charge in [0.1, 0.15) is 6.61 Å². The number of ether oxygens (including phenoxy) is 2. The maximum atomic E-state index is 14.3. The standard InChI is InChI=1S/C22H31FN4O2/c1-5-11-28-16(4)13-17(7-3)26-22-24-15-20(23)21(27-22)25-18-9-8-10-19(14-18)29-12-6-2/h5-7,13,15,18-19H,1-2,8-12,14H2,3-4H3,(H2,24,25,26,27)/b16-13+,17-7+. The number of halogens is 1. The summed E-state index contributed by atoms with van der Waals surface area (Å²) in [5, 5.41) is 6.31. The van der Waals surface area contributed by atoms with Gasteiger partial charge in [-0.2, -0.15) is 4.98 Å². The van der Waals surface area contributed by atoms with Crippen LogP contribution in [0.2, 0.25) is 0 Å². The molecule has 1 aliphatic rings. The fraction of sp³-hybridized carbons (Fsp3) is 0.455. The fourth-order valence-electron chi connectivity index (χ4n) is 3.13. The van der Waals surface area contributed by atoms with Gasteiger partial charge in [-0.3, -0.25) is 0 Å². The van der Waals surface area contributed by atoms with Crippen LogP contribution in [0.5, 0.6) is 0 Å². The number of aromatic nitrogens is 2. The van der Waals surface area contributed by atoms with Crippen molar-refractivity contribution in [1.82, 2.24) is 9.97 Å². The van der Waals surface area contributed by atoms with Crippen LogP contribution in [-0.4, -0.2) is 35.3 Å². The van der Waals surface area contributed by atoms with Crippen molar-refractivity contribution in [2.24, 2.45) is 0 Å². The summed E-state index contributed by atoms with van der Waals surface area (Å²) < 4.78 is 25.5. The summed E-state index contributed by atoms with van der Waals surface area (Å²) in [6.45, 7) is 12.0. The summed E-state index contributed by atoms with van der Waals surface area (Å²) in [5.41, 5.74) is 0.750. The second kappa shape index (κ2) is 12.0. The minimum atomic E-state index is -0.479. The molecule has 7 heteroatoms. The van der Waals surface area contributed by atoms with Crippen LogP contribution in [0.3, 0.4) is 0 Å². The molecule has 1 aliphatic carbocycles. The lowest BCUT2D eigenvalue weighted by Crippen LogP contribution is -2.32. The maximum Gasteiger partial charge on any atom is 0.229 e. The Morgan fingerprint density at radius 3 is 2.83 bits per heavy atom. The first-order valence-corrected chi connectivity index (χ1v) is 9.92. The van der Waals surface area contributed by atoms with Crippen molar-refractivity contribution in [2.45, 2.75) is 51.7 Å². The van der Waals surface area contributed by atoms with Crippen molar-refractivity contribution in [3.8, 4) is 0 Å². The van der Waals surface area contributed by atoms with Crippen molar-refractivity contribution in [3.63, 3.8) is 0 Å². The van der Waals surface area contributed by atoms with E-state index in [4.69, 9.17) is 9.47 Å². The molecular weight excluding hydrogens is 371 g/mol. The molecule has 6 nitrogen and oxygen atoms in total. The van der Waals surface area contributed by atoms with Gasteiger partial charge in [0, 0.05) is 11.7 Å². The summed E-state index contributed by atoms with van der Waals surface area (Å²) in [6.07, 6.45) is 12.2. The zero-order valence-electron chi connectivity index (χ0n) is 17.3. The van der Waals surface area contributed by atoms with Gasteiger partial charge in [-0.15, -0.1) is 6.58 Å². The van der Waals surface area contributed by atoms with Crippen LogP contribution >= 0.6 is 0 Å². The van der Waals surface area contributed by atoms with E-state index >= 15 is 0 Å². The fourth-order valence-corrected chi connectivity index (χ4v) is 3.13. The molecule has 2 N–H and O–H groups in total. The molecule has 0 spiro atoms. The summed E-state index contributed by atoms with van der Waals surface area (Å²) >= 11 is 0. The van der Waals surface area contributed by atoms with E-state index in [0.29, 0.717) is 19.2 Å². The Bertz CT molecular complexity index is 748. The van der Waals surface area contributed by atoms with Gasteiger partial charge < -0.3 is 20.1 Å². The highest BCUT2D eigenvalue weighted by molar-refractivity contribution is 5.46. The second-order valence-corrected chi connectivity index (χ2v) is 6.87. The predicted molar refractivity (Wildman–Crippen MR) is 115 cm³/mol. The highest BCUT2D eigenvalue weighted by atomic mass is 19.1. The SMILES string of the molecule is C=CCO/C(C)=C/C(=C\C)Nc1ncc(F)c(NC2CCCC(OCC=C)C2)n1. The van der Waals surface area contributed by atoms with Crippen molar-refractivity contribution >= 4 is 11.8 Å². The molecule has 29 heavy (non-hydrogen) atoms. The molecule has 0 bridgehead atoms. The minimum Gasteiger partial charge on any atom is -0.494 e. The molecule has 0 radical (unpaired) electrons. The topological polar surface area (TPSA) is 68.3 Å². The van der Waals surface area contributed by atoms with Crippen LogP contribution in [0.1, 0.15) is 39.5 Å². The van der Waals surface area contributed by atoms with Gasteiger partial charge in [-0.05, 0) is 45.6 Å². The van der Waals surface area contributed by atoms with Gasteiger partial charge in [0.15, 0.2) is 11.6 Å². The lowest BCUT2D eigenvalue weighted by Gasteiger charge is -2.30. The van der Waals surface area contributed by atoms with Gasteiger partial charge in [0.2, 0.25) is 5.95 Å². The molecule has 2 atom stereocenters. The number of nitrogens with one attached hydrogen (secondary N) is 2. The Balaban J connectivity index is 2.03. The zero-order chi connectivity index (χ0) is 21.1. The van der Waals surface area contributed by atoms with Crippen LogP contribution in [-0.2, 0) is 9.47 Å². The Labute approximate surface area is 172 Å². The quantitative estimate of drug-likeness (QED) is 0.310. The number of rotatable bonds is 11. The summed E-state index contributed by atoms with van der Waals surface area (Å²) in [4.78, 5) is 8.36. The molecule has 158 valence electrons. The number of anilines is 2. The molecule has 0 aromatic carbocycles. The monoisotopic (exact) mass is 402 g/mol. The third-order valence-corrected chi connectivity index (χ3v) is 4.52. The maximum absolute atomic E-state index is 14.3. The molecule has 0 aliphatic heterocycles. The van der Waals surface area contributed by atoms with Crippen molar-refractivity contribution < 1.29 is 13.9 Å². The van der Waals surface area contributed by atoms with Crippen molar-refractivity contribution in [1.29, 1.82) is 0 Å². The largest absolute Gasteiger partial charge is 0.494 e. The van der Waals surface area contributed by atoms with Gasteiger partial charge in [0.25, 0.3) is 0 Å². The minimum absolute atomic E-state index is 0.103. The second-order valence-electron chi connectivity index (χ2n) is 6.87. The van der Waals surface area contributed by atoms with Crippen LogP contribution in [0, 0.1) is 5.82 Å². The molecule has 1 aromatic rings. The molecule has 0 amide bonds. The van der Waals surface area contributed by atoms with Gasteiger partial charge in [-0.1, -0.05) is 24.8 Å². The van der Waals surface area contributed by atoms with E-state index in [-0.39, 0.29) is 18.0 Å².